The number of hydrogen-bond donors (Lipinski definition) is 1. The van der Waals surface area contributed by atoms with Gasteiger partial charge in [-0.25, -0.2) is 9.38 Å². The first-order valence-corrected chi connectivity index (χ1v) is 6.65. The highest BCUT2D eigenvalue weighted by atomic mass is 16.1. The van der Waals surface area contributed by atoms with Crippen LogP contribution in [-0.2, 0) is 6.42 Å². The van der Waals surface area contributed by atoms with Crippen molar-refractivity contribution >= 4 is 16.8 Å². The summed E-state index contributed by atoms with van der Waals surface area (Å²) in [6, 6.07) is 7.79. The summed E-state index contributed by atoms with van der Waals surface area (Å²) in [5, 5.41) is 0. The number of para-hydroxylation sites is 2. The molecule has 2 aromatic heterocycles. The van der Waals surface area contributed by atoms with Gasteiger partial charge in [0.25, 0.3) is 5.56 Å². The Morgan fingerprint density at radius 1 is 1.32 bits per heavy atom. The number of imidazole rings is 1. The summed E-state index contributed by atoms with van der Waals surface area (Å²) in [6.07, 6.45) is 0.710. The lowest BCUT2D eigenvalue weighted by Crippen LogP contribution is -2.22. The summed E-state index contributed by atoms with van der Waals surface area (Å²) in [6.45, 7) is 6.14. The van der Waals surface area contributed by atoms with Crippen LogP contribution in [0.2, 0.25) is 0 Å². The van der Waals surface area contributed by atoms with E-state index in [4.69, 9.17) is 0 Å². The van der Waals surface area contributed by atoms with Crippen molar-refractivity contribution in [1.29, 1.82) is 0 Å². The van der Waals surface area contributed by atoms with Gasteiger partial charge in [-0.15, -0.1) is 0 Å². The average molecular weight is 255 g/mol. The van der Waals surface area contributed by atoms with Crippen molar-refractivity contribution in [2.24, 2.45) is 0 Å². The minimum atomic E-state index is 0.0497. The highest BCUT2D eigenvalue weighted by Crippen LogP contribution is 2.19. The fraction of sp³-hybridized carbons (Fsp3) is 0.333. The van der Waals surface area contributed by atoms with Gasteiger partial charge in [-0.05, 0) is 24.5 Å². The molecule has 0 aliphatic heterocycles. The van der Waals surface area contributed by atoms with Crippen LogP contribution in [0, 0.1) is 0 Å². The molecule has 2 heterocycles. The van der Waals surface area contributed by atoms with Crippen LogP contribution in [0.4, 0.5) is 0 Å². The SMILES string of the molecule is CCc1c(C(C)C)nc2[nH]c3ccccc3n2c1=O. The zero-order valence-corrected chi connectivity index (χ0v) is 11.4. The maximum Gasteiger partial charge on any atom is 0.263 e. The van der Waals surface area contributed by atoms with Gasteiger partial charge in [0.05, 0.1) is 16.7 Å². The molecule has 0 aliphatic carbocycles. The number of nitrogens with one attached hydrogen (secondary N) is 1. The second kappa shape index (κ2) is 4.23. The average Bonchev–Trinajstić information content (AvgIpc) is 2.76. The molecule has 0 atom stereocenters. The summed E-state index contributed by atoms with van der Waals surface area (Å²) in [5.41, 5.74) is 3.60. The molecule has 0 unspecified atom stereocenters. The molecule has 0 fully saturated rings. The second-order valence-electron chi connectivity index (χ2n) is 5.09. The van der Waals surface area contributed by atoms with Crippen LogP contribution in [0.25, 0.3) is 16.8 Å². The normalized spacial score (nSPS) is 11.8. The molecule has 3 rings (SSSR count). The van der Waals surface area contributed by atoms with Gasteiger partial charge in [-0.1, -0.05) is 32.9 Å². The van der Waals surface area contributed by atoms with E-state index in [1.807, 2.05) is 31.2 Å². The van der Waals surface area contributed by atoms with Crippen LogP contribution in [0.1, 0.15) is 37.9 Å². The molecule has 4 heteroatoms. The van der Waals surface area contributed by atoms with Crippen molar-refractivity contribution < 1.29 is 0 Å². The number of rotatable bonds is 2. The maximum atomic E-state index is 12.7. The van der Waals surface area contributed by atoms with E-state index in [0.29, 0.717) is 12.2 Å². The molecule has 0 radical (unpaired) electrons. The first-order chi connectivity index (χ1) is 9.13. The predicted octanol–water partition coefficient (Wildman–Crippen LogP) is 2.86. The van der Waals surface area contributed by atoms with Gasteiger partial charge in [0.2, 0.25) is 5.78 Å². The number of nitrogens with zero attached hydrogens (tertiary/aromatic N) is 2. The van der Waals surface area contributed by atoms with Crippen LogP contribution >= 0.6 is 0 Å². The maximum absolute atomic E-state index is 12.7. The molecule has 0 bridgehead atoms. The molecule has 0 spiro atoms. The lowest BCUT2D eigenvalue weighted by Gasteiger charge is -2.09. The van der Waals surface area contributed by atoms with Crippen molar-refractivity contribution in [2.45, 2.75) is 33.1 Å². The number of fused-ring (bicyclic) bond motifs is 3. The second-order valence-corrected chi connectivity index (χ2v) is 5.09. The van der Waals surface area contributed by atoms with Crippen LogP contribution in [0.3, 0.4) is 0 Å². The monoisotopic (exact) mass is 255 g/mol. The fourth-order valence-corrected chi connectivity index (χ4v) is 2.58. The molecule has 1 aromatic carbocycles. The Hall–Kier alpha value is -2.10. The zero-order valence-electron chi connectivity index (χ0n) is 11.4. The van der Waals surface area contributed by atoms with Gasteiger partial charge >= 0.3 is 0 Å². The highest BCUT2D eigenvalue weighted by molar-refractivity contribution is 5.79. The van der Waals surface area contributed by atoms with Gasteiger partial charge in [-0.2, -0.15) is 0 Å². The van der Waals surface area contributed by atoms with Gasteiger partial charge in [-0.3, -0.25) is 4.79 Å². The van der Waals surface area contributed by atoms with E-state index in [1.165, 1.54) is 0 Å². The van der Waals surface area contributed by atoms with Crippen LogP contribution in [0.15, 0.2) is 29.1 Å². The summed E-state index contributed by atoms with van der Waals surface area (Å²) in [7, 11) is 0. The van der Waals surface area contributed by atoms with Crippen LogP contribution in [-0.4, -0.2) is 14.4 Å². The van der Waals surface area contributed by atoms with Gasteiger partial charge in [0.15, 0.2) is 0 Å². The molecule has 4 nitrogen and oxygen atoms in total. The van der Waals surface area contributed by atoms with Gasteiger partial charge < -0.3 is 4.98 Å². The fourth-order valence-electron chi connectivity index (χ4n) is 2.58. The number of H-pyrrole nitrogens is 1. The van der Waals surface area contributed by atoms with Crippen LogP contribution < -0.4 is 5.56 Å². The topological polar surface area (TPSA) is 50.2 Å². The third kappa shape index (κ3) is 1.67. The van der Waals surface area contributed by atoms with E-state index in [2.05, 4.69) is 23.8 Å². The zero-order chi connectivity index (χ0) is 13.6. The molecule has 98 valence electrons. The Balaban J connectivity index is 2.52. The van der Waals surface area contributed by atoms with Crippen LogP contribution in [0.5, 0.6) is 0 Å². The molecule has 0 amide bonds. The molecule has 3 aromatic rings. The molecule has 0 saturated carbocycles. The summed E-state index contributed by atoms with van der Waals surface area (Å²) < 4.78 is 1.68. The number of benzene rings is 1. The third-order valence-electron chi connectivity index (χ3n) is 3.50. The van der Waals surface area contributed by atoms with E-state index >= 15 is 0 Å². The molecular weight excluding hydrogens is 238 g/mol. The predicted molar refractivity (Wildman–Crippen MR) is 76.8 cm³/mol. The van der Waals surface area contributed by atoms with Crippen molar-refractivity contribution in [3.63, 3.8) is 0 Å². The Labute approximate surface area is 111 Å². The number of aromatic nitrogens is 3. The molecular formula is C15H17N3O. The quantitative estimate of drug-likeness (QED) is 0.765. The Bertz CT molecular complexity index is 811. The van der Waals surface area contributed by atoms with Gasteiger partial charge in [0, 0.05) is 5.56 Å². The lowest BCUT2D eigenvalue weighted by molar-refractivity contribution is 0.783. The standard InChI is InChI=1S/C15H17N3O/c1-4-10-13(9(2)3)17-15-16-11-7-5-6-8-12(11)18(15)14(10)19/h5-9H,4H2,1-3H3,(H,16,17). The first kappa shape index (κ1) is 12.0. The van der Waals surface area contributed by atoms with E-state index < -0.39 is 0 Å². The smallest absolute Gasteiger partial charge is 0.263 e. The van der Waals surface area contributed by atoms with E-state index in [-0.39, 0.29) is 11.5 Å². The Morgan fingerprint density at radius 3 is 2.74 bits per heavy atom. The molecule has 0 saturated heterocycles. The summed E-state index contributed by atoms with van der Waals surface area (Å²) >= 11 is 0. The number of hydrogen-bond acceptors (Lipinski definition) is 2. The minimum absolute atomic E-state index is 0.0497. The lowest BCUT2D eigenvalue weighted by atomic mass is 10.0. The Kier molecular flexibility index (Phi) is 2.66. The summed E-state index contributed by atoms with van der Waals surface area (Å²) in [5.74, 6) is 0.881. The van der Waals surface area contributed by atoms with Crippen molar-refractivity contribution in [3.8, 4) is 0 Å². The summed E-state index contributed by atoms with van der Waals surface area (Å²) in [4.78, 5) is 20.5. The largest absolute Gasteiger partial charge is 0.323 e. The van der Waals surface area contributed by atoms with E-state index in [1.54, 1.807) is 4.40 Å². The van der Waals surface area contributed by atoms with Crippen molar-refractivity contribution in [3.05, 3.63) is 45.9 Å². The van der Waals surface area contributed by atoms with Gasteiger partial charge in [0.1, 0.15) is 0 Å². The number of aromatic amines is 1. The highest BCUT2D eigenvalue weighted by Gasteiger charge is 2.16. The molecule has 1 N–H and O–H groups in total. The van der Waals surface area contributed by atoms with Crippen molar-refractivity contribution in [2.75, 3.05) is 0 Å². The van der Waals surface area contributed by atoms with E-state index in [0.717, 1.165) is 22.3 Å². The van der Waals surface area contributed by atoms with E-state index in [9.17, 15) is 4.79 Å². The third-order valence-corrected chi connectivity index (χ3v) is 3.50. The minimum Gasteiger partial charge on any atom is -0.323 e. The molecule has 0 aliphatic rings. The van der Waals surface area contributed by atoms with Crippen molar-refractivity contribution in [1.82, 2.24) is 14.4 Å². The first-order valence-electron chi connectivity index (χ1n) is 6.65. The Morgan fingerprint density at radius 2 is 2.05 bits per heavy atom. The molecule has 19 heavy (non-hydrogen) atoms.